The molecule has 2 aromatic heterocycles. The summed E-state index contributed by atoms with van der Waals surface area (Å²) >= 11 is 0. The molecule has 25 heavy (non-hydrogen) atoms. The van der Waals surface area contributed by atoms with Crippen LogP contribution in [0.15, 0.2) is 12.4 Å². The standard InChI is InChI=1S/C18H23FN6/c19-13-9-22-16(18(21)3-1-11(20)2-4-18)24-15(13)12-8-23-25-10-17(5-6-17)7-14(12)25/h8-9,11H,1-7,10,20-21H2. The van der Waals surface area contributed by atoms with Gasteiger partial charge in [-0.05, 0) is 50.4 Å². The first-order valence-corrected chi connectivity index (χ1v) is 9.11. The third-order valence-electron chi connectivity index (χ3n) is 6.30. The summed E-state index contributed by atoms with van der Waals surface area (Å²) < 4.78 is 16.6. The van der Waals surface area contributed by atoms with E-state index in [0.29, 0.717) is 16.9 Å². The van der Waals surface area contributed by atoms with Crippen LogP contribution in [0.4, 0.5) is 4.39 Å². The number of hydrogen-bond acceptors (Lipinski definition) is 5. The van der Waals surface area contributed by atoms with Gasteiger partial charge in [-0.1, -0.05) is 0 Å². The fourth-order valence-corrected chi connectivity index (χ4v) is 4.35. The van der Waals surface area contributed by atoms with Gasteiger partial charge in [0.15, 0.2) is 5.82 Å². The zero-order valence-corrected chi connectivity index (χ0v) is 14.2. The molecule has 0 bridgehead atoms. The van der Waals surface area contributed by atoms with Crippen LogP contribution in [-0.4, -0.2) is 25.8 Å². The zero-order valence-electron chi connectivity index (χ0n) is 14.2. The topological polar surface area (TPSA) is 95.6 Å². The molecule has 2 saturated carbocycles. The summed E-state index contributed by atoms with van der Waals surface area (Å²) in [7, 11) is 0. The average molecular weight is 342 g/mol. The molecule has 3 aliphatic rings. The van der Waals surface area contributed by atoms with Crippen molar-refractivity contribution < 1.29 is 4.39 Å². The average Bonchev–Trinajstić information content (AvgIpc) is 3.10. The largest absolute Gasteiger partial charge is 0.328 e. The van der Waals surface area contributed by atoms with Crippen LogP contribution in [0.2, 0.25) is 0 Å². The Kier molecular flexibility index (Phi) is 3.13. The van der Waals surface area contributed by atoms with Gasteiger partial charge >= 0.3 is 0 Å². The van der Waals surface area contributed by atoms with Gasteiger partial charge in [-0.15, -0.1) is 0 Å². The zero-order chi connectivity index (χ0) is 17.2. The van der Waals surface area contributed by atoms with E-state index in [2.05, 4.69) is 15.1 Å². The maximum atomic E-state index is 14.5. The van der Waals surface area contributed by atoms with Gasteiger partial charge in [-0.2, -0.15) is 5.10 Å². The van der Waals surface area contributed by atoms with E-state index >= 15 is 0 Å². The molecule has 4 N–H and O–H groups in total. The van der Waals surface area contributed by atoms with Gasteiger partial charge in [-0.3, -0.25) is 4.68 Å². The predicted molar refractivity (Wildman–Crippen MR) is 90.9 cm³/mol. The van der Waals surface area contributed by atoms with Gasteiger partial charge in [-0.25, -0.2) is 14.4 Å². The number of fused-ring (bicyclic) bond motifs is 1. The maximum absolute atomic E-state index is 14.5. The molecular weight excluding hydrogens is 319 g/mol. The Bertz CT molecular complexity index is 832. The Morgan fingerprint density at radius 3 is 2.64 bits per heavy atom. The molecule has 0 saturated heterocycles. The van der Waals surface area contributed by atoms with E-state index in [0.717, 1.165) is 49.9 Å². The van der Waals surface area contributed by atoms with E-state index in [4.69, 9.17) is 11.5 Å². The lowest BCUT2D eigenvalue weighted by atomic mass is 9.79. The molecule has 1 spiro atoms. The van der Waals surface area contributed by atoms with Crippen molar-refractivity contribution in [2.24, 2.45) is 16.9 Å². The van der Waals surface area contributed by atoms with Crippen molar-refractivity contribution in [3.63, 3.8) is 0 Å². The molecule has 2 fully saturated rings. The van der Waals surface area contributed by atoms with Gasteiger partial charge in [0.25, 0.3) is 0 Å². The van der Waals surface area contributed by atoms with Crippen molar-refractivity contribution in [2.45, 2.75) is 63.1 Å². The van der Waals surface area contributed by atoms with Crippen molar-refractivity contribution >= 4 is 0 Å². The number of nitrogens with zero attached hydrogens (tertiary/aromatic N) is 4. The summed E-state index contributed by atoms with van der Waals surface area (Å²) in [6.07, 6.45) is 9.58. The van der Waals surface area contributed by atoms with Crippen molar-refractivity contribution in [1.82, 2.24) is 19.7 Å². The van der Waals surface area contributed by atoms with E-state index < -0.39 is 11.4 Å². The van der Waals surface area contributed by atoms with E-state index in [1.54, 1.807) is 6.20 Å². The van der Waals surface area contributed by atoms with Crippen LogP contribution in [0.3, 0.4) is 0 Å². The molecule has 6 nitrogen and oxygen atoms in total. The van der Waals surface area contributed by atoms with Gasteiger partial charge in [0.1, 0.15) is 11.5 Å². The lowest BCUT2D eigenvalue weighted by Crippen LogP contribution is -2.45. The van der Waals surface area contributed by atoms with Gasteiger partial charge < -0.3 is 11.5 Å². The first kappa shape index (κ1) is 15.4. The van der Waals surface area contributed by atoms with Crippen LogP contribution >= 0.6 is 0 Å². The first-order chi connectivity index (χ1) is 12.0. The van der Waals surface area contributed by atoms with Gasteiger partial charge in [0.2, 0.25) is 0 Å². The Balaban J connectivity index is 1.53. The third kappa shape index (κ3) is 2.40. The minimum Gasteiger partial charge on any atom is -0.328 e. The molecule has 0 amide bonds. The van der Waals surface area contributed by atoms with E-state index in [9.17, 15) is 4.39 Å². The summed E-state index contributed by atoms with van der Waals surface area (Å²) in [6, 6.07) is 0.185. The van der Waals surface area contributed by atoms with Crippen molar-refractivity contribution in [3.05, 3.63) is 29.7 Å². The van der Waals surface area contributed by atoms with Crippen LogP contribution in [0.25, 0.3) is 11.3 Å². The summed E-state index contributed by atoms with van der Waals surface area (Å²) in [5.41, 5.74) is 14.5. The van der Waals surface area contributed by atoms with Crippen LogP contribution in [0, 0.1) is 11.2 Å². The van der Waals surface area contributed by atoms with Crippen LogP contribution in [0.5, 0.6) is 0 Å². The predicted octanol–water partition coefficient (Wildman–Crippen LogP) is 1.87. The number of nitrogens with two attached hydrogens (primary N) is 2. The molecule has 0 unspecified atom stereocenters. The Labute approximate surface area is 145 Å². The fourth-order valence-electron chi connectivity index (χ4n) is 4.35. The number of halogens is 1. The second kappa shape index (κ2) is 5.08. The lowest BCUT2D eigenvalue weighted by molar-refractivity contribution is 0.264. The monoisotopic (exact) mass is 342 g/mol. The highest BCUT2D eigenvalue weighted by molar-refractivity contribution is 5.62. The minimum absolute atomic E-state index is 0.185. The molecular formula is C18H23FN6. The molecule has 7 heteroatoms. The Morgan fingerprint density at radius 2 is 1.92 bits per heavy atom. The van der Waals surface area contributed by atoms with Crippen LogP contribution in [-0.2, 0) is 18.5 Å². The number of rotatable bonds is 2. The summed E-state index contributed by atoms with van der Waals surface area (Å²) in [6.45, 7) is 0.945. The van der Waals surface area contributed by atoms with Crippen molar-refractivity contribution in [1.29, 1.82) is 0 Å². The highest BCUT2D eigenvalue weighted by Gasteiger charge is 2.49. The Hall–Kier alpha value is -1.86. The molecule has 3 heterocycles. The summed E-state index contributed by atoms with van der Waals surface area (Å²) in [5, 5.41) is 4.46. The number of aromatic nitrogens is 4. The molecule has 2 aliphatic carbocycles. The normalized spacial score (nSPS) is 29.8. The molecule has 132 valence electrons. The van der Waals surface area contributed by atoms with E-state index in [-0.39, 0.29) is 6.04 Å². The molecule has 5 rings (SSSR count). The quantitative estimate of drug-likeness (QED) is 0.869. The molecule has 0 atom stereocenters. The third-order valence-corrected chi connectivity index (χ3v) is 6.30. The molecule has 0 radical (unpaired) electrons. The van der Waals surface area contributed by atoms with Crippen molar-refractivity contribution in [3.8, 4) is 11.3 Å². The van der Waals surface area contributed by atoms with E-state index in [1.807, 2.05) is 4.68 Å². The highest BCUT2D eigenvalue weighted by Crippen LogP contribution is 2.54. The van der Waals surface area contributed by atoms with Crippen molar-refractivity contribution in [2.75, 3.05) is 0 Å². The van der Waals surface area contributed by atoms with E-state index in [1.165, 1.54) is 19.0 Å². The summed E-state index contributed by atoms with van der Waals surface area (Å²) in [4.78, 5) is 8.80. The molecule has 1 aliphatic heterocycles. The van der Waals surface area contributed by atoms with Gasteiger partial charge in [0, 0.05) is 23.8 Å². The summed E-state index contributed by atoms with van der Waals surface area (Å²) in [5.74, 6) is 0.113. The number of hydrogen-bond donors (Lipinski definition) is 2. The first-order valence-electron chi connectivity index (χ1n) is 9.11. The second-order valence-corrected chi connectivity index (χ2v) is 8.22. The Morgan fingerprint density at radius 1 is 1.16 bits per heavy atom. The SMILES string of the molecule is NC1CCC(N)(c2ncc(F)c(-c3cnn4c3CC3(CC3)C4)n2)CC1. The second-order valence-electron chi connectivity index (χ2n) is 8.22. The van der Waals surface area contributed by atoms with Crippen LogP contribution in [0.1, 0.15) is 50.0 Å². The molecule has 0 aromatic carbocycles. The van der Waals surface area contributed by atoms with Crippen LogP contribution < -0.4 is 11.5 Å². The molecule has 2 aromatic rings. The fraction of sp³-hybridized carbons (Fsp3) is 0.611. The lowest BCUT2D eigenvalue weighted by Gasteiger charge is -2.34. The highest BCUT2D eigenvalue weighted by atomic mass is 19.1. The maximum Gasteiger partial charge on any atom is 0.167 e. The smallest absolute Gasteiger partial charge is 0.167 e. The van der Waals surface area contributed by atoms with Gasteiger partial charge in [0.05, 0.1) is 17.9 Å². The minimum atomic E-state index is -0.619.